The van der Waals surface area contributed by atoms with Crippen LogP contribution in [0.25, 0.3) is 0 Å². The lowest BCUT2D eigenvalue weighted by Crippen LogP contribution is -2.49. The maximum Gasteiger partial charge on any atom is 0.224 e. The van der Waals surface area contributed by atoms with Crippen molar-refractivity contribution >= 4 is 11.6 Å². The fourth-order valence-electron chi connectivity index (χ4n) is 3.44. The summed E-state index contributed by atoms with van der Waals surface area (Å²) in [5.74, 6) is 1.00. The second-order valence-corrected chi connectivity index (χ2v) is 6.54. The van der Waals surface area contributed by atoms with Gasteiger partial charge in [-0.25, -0.2) is 0 Å². The van der Waals surface area contributed by atoms with E-state index in [0.717, 1.165) is 30.1 Å². The van der Waals surface area contributed by atoms with Crippen LogP contribution in [-0.2, 0) is 4.79 Å². The van der Waals surface area contributed by atoms with Crippen molar-refractivity contribution in [1.29, 1.82) is 0 Å². The molecule has 0 radical (unpaired) electrons. The smallest absolute Gasteiger partial charge is 0.224 e. The van der Waals surface area contributed by atoms with Crippen molar-refractivity contribution in [3.05, 3.63) is 59.7 Å². The zero-order chi connectivity index (χ0) is 18.4. The standard InChI is InChI=1S/C21H27N3O2/c1-16-7-3-5-9-18(16)23-12-11-21(25)24-14-13-22-15-19(24)17-8-4-6-10-20(17)26-2/h3-10,19,22-23H,11-15H2,1-2H3. The third-order valence-electron chi connectivity index (χ3n) is 4.86. The lowest BCUT2D eigenvalue weighted by molar-refractivity contribution is -0.134. The number of para-hydroxylation sites is 2. The molecule has 3 rings (SSSR count). The number of methoxy groups -OCH3 is 1. The summed E-state index contributed by atoms with van der Waals surface area (Å²) in [6.45, 7) is 4.98. The number of carbonyl (C=O) groups excluding carboxylic acids is 1. The monoisotopic (exact) mass is 353 g/mol. The van der Waals surface area contributed by atoms with Gasteiger partial charge in [-0.15, -0.1) is 0 Å². The van der Waals surface area contributed by atoms with Crippen LogP contribution in [0.5, 0.6) is 5.75 Å². The number of hydrogen-bond acceptors (Lipinski definition) is 4. The van der Waals surface area contributed by atoms with Gasteiger partial charge in [-0.1, -0.05) is 36.4 Å². The van der Waals surface area contributed by atoms with Gasteiger partial charge in [0, 0.05) is 43.9 Å². The van der Waals surface area contributed by atoms with Crippen LogP contribution < -0.4 is 15.4 Å². The van der Waals surface area contributed by atoms with Gasteiger partial charge in [0.05, 0.1) is 13.2 Å². The normalized spacial score (nSPS) is 17.0. The van der Waals surface area contributed by atoms with E-state index in [1.165, 1.54) is 5.56 Å². The van der Waals surface area contributed by atoms with Crippen LogP contribution in [0, 0.1) is 6.92 Å². The molecule has 0 aliphatic carbocycles. The van der Waals surface area contributed by atoms with Crippen LogP contribution in [0.1, 0.15) is 23.6 Å². The van der Waals surface area contributed by atoms with Crippen LogP contribution in [0.2, 0.25) is 0 Å². The van der Waals surface area contributed by atoms with Gasteiger partial charge >= 0.3 is 0 Å². The molecule has 1 unspecified atom stereocenters. The van der Waals surface area contributed by atoms with E-state index in [4.69, 9.17) is 4.74 Å². The molecule has 0 aromatic heterocycles. The Labute approximate surface area is 155 Å². The molecule has 1 aliphatic heterocycles. The first kappa shape index (κ1) is 18.3. The maximum atomic E-state index is 12.9. The highest BCUT2D eigenvalue weighted by Crippen LogP contribution is 2.30. The second kappa shape index (κ2) is 8.72. The van der Waals surface area contributed by atoms with Gasteiger partial charge in [0.1, 0.15) is 5.75 Å². The van der Waals surface area contributed by atoms with Crippen LogP contribution in [0.15, 0.2) is 48.5 Å². The average Bonchev–Trinajstić information content (AvgIpc) is 2.69. The van der Waals surface area contributed by atoms with Gasteiger partial charge in [-0.05, 0) is 24.6 Å². The van der Waals surface area contributed by atoms with E-state index in [0.29, 0.717) is 19.5 Å². The summed E-state index contributed by atoms with van der Waals surface area (Å²) in [5.41, 5.74) is 3.33. The Morgan fingerprint density at radius 1 is 1.23 bits per heavy atom. The van der Waals surface area contributed by atoms with Crippen molar-refractivity contribution in [2.75, 3.05) is 38.6 Å². The predicted octanol–water partition coefficient (Wildman–Crippen LogP) is 2.98. The quantitative estimate of drug-likeness (QED) is 0.838. The molecule has 2 aromatic carbocycles. The Bertz CT molecular complexity index is 748. The van der Waals surface area contributed by atoms with Crippen LogP contribution in [-0.4, -0.2) is 44.1 Å². The van der Waals surface area contributed by atoms with Gasteiger partial charge in [0.2, 0.25) is 5.91 Å². The van der Waals surface area contributed by atoms with Gasteiger partial charge in [-0.3, -0.25) is 4.79 Å². The Hall–Kier alpha value is -2.53. The molecule has 1 amide bonds. The third-order valence-corrected chi connectivity index (χ3v) is 4.86. The molecule has 0 saturated carbocycles. The van der Waals surface area contributed by atoms with E-state index in [1.54, 1.807) is 7.11 Å². The summed E-state index contributed by atoms with van der Waals surface area (Å²) in [5, 5.41) is 6.77. The summed E-state index contributed by atoms with van der Waals surface area (Å²) < 4.78 is 5.50. The molecule has 138 valence electrons. The molecule has 0 bridgehead atoms. The van der Waals surface area contributed by atoms with Crippen molar-refractivity contribution in [1.82, 2.24) is 10.2 Å². The Kier molecular flexibility index (Phi) is 6.12. The van der Waals surface area contributed by atoms with Crippen LogP contribution in [0.3, 0.4) is 0 Å². The van der Waals surface area contributed by atoms with E-state index >= 15 is 0 Å². The number of carbonyl (C=O) groups is 1. The number of rotatable bonds is 6. The lowest BCUT2D eigenvalue weighted by Gasteiger charge is -2.37. The van der Waals surface area contributed by atoms with Gasteiger partial charge in [0.25, 0.3) is 0 Å². The van der Waals surface area contributed by atoms with Crippen molar-refractivity contribution in [3.8, 4) is 5.75 Å². The summed E-state index contributed by atoms with van der Waals surface area (Å²) in [4.78, 5) is 14.9. The average molecular weight is 353 g/mol. The summed E-state index contributed by atoms with van der Waals surface area (Å²) >= 11 is 0. The Morgan fingerprint density at radius 3 is 2.81 bits per heavy atom. The van der Waals surface area contributed by atoms with Crippen molar-refractivity contribution in [3.63, 3.8) is 0 Å². The third kappa shape index (κ3) is 4.17. The van der Waals surface area contributed by atoms with E-state index in [9.17, 15) is 4.79 Å². The molecule has 2 aromatic rings. The van der Waals surface area contributed by atoms with Crippen molar-refractivity contribution < 1.29 is 9.53 Å². The number of benzene rings is 2. The molecule has 2 N–H and O–H groups in total. The first-order valence-corrected chi connectivity index (χ1v) is 9.13. The van der Waals surface area contributed by atoms with Crippen LogP contribution >= 0.6 is 0 Å². The number of ether oxygens (including phenoxy) is 1. The minimum absolute atomic E-state index is 0.00543. The predicted molar refractivity (Wildman–Crippen MR) is 105 cm³/mol. The number of anilines is 1. The molecule has 26 heavy (non-hydrogen) atoms. The number of piperazine rings is 1. The molecular formula is C21H27N3O2. The highest BCUT2D eigenvalue weighted by atomic mass is 16.5. The highest BCUT2D eigenvalue weighted by Gasteiger charge is 2.29. The zero-order valence-corrected chi connectivity index (χ0v) is 15.5. The van der Waals surface area contributed by atoms with E-state index in [-0.39, 0.29) is 11.9 Å². The second-order valence-electron chi connectivity index (χ2n) is 6.54. The largest absolute Gasteiger partial charge is 0.496 e. The lowest BCUT2D eigenvalue weighted by atomic mass is 10.0. The van der Waals surface area contributed by atoms with Gasteiger partial charge in [0.15, 0.2) is 0 Å². The van der Waals surface area contributed by atoms with Gasteiger partial charge in [-0.2, -0.15) is 0 Å². The van der Waals surface area contributed by atoms with Crippen molar-refractivity contribution in [2.24, 2.45) is 0 Å². The number of amides is 1. The molecule has 1 heterocycles. The molecule has 0 spiro atoms. The highest BCUT2D eigenvalue weighted by molar-refractivity contribution is 5.77. The molecular weight excluding hydrogens is 326 g/mol. The Balaban J connectivity index is 1.65. The first-order valence-electron chi connectivity index (χ1n) is 9.13. The molecule has 1 atom stereocenters. The number of nitrogens with zero attached hydrogens (tertiary/aromatic N) is 1. The molecule has 1 aliphatic rings. The first-order chi connectivity index (χ1) is 12.7. The molecule has 5 nitrogen and oxygen atoms in total. The Morgan fingerprint density at radius 2 is 2.00 bits per heavy atom. The van der Waals surface area contributed by atoms with Crippen LogP contribution in [0.4, 0.5) is 5.69 Å². The topological polar surface area (TPSA) is 53.6 Å². The number of hydrogen-bond donors (Lipinski definition) is 2. The zero-order valence-electron chi connectivity index (χ0n) is 15.5. The minimum atomic E-state index is 0.00543. The summed E-state index contributed by atoms with van der Waals surface area (Å²) in [6.07, 6.45) is 0.472. The van der Waals surface area contributed by atoms with Crippen molar-refractivity contribution in [2.45, 2.75) is 19.4 Å². The maximum absolute atomic E-state index is 12.9. The summed E-state index contributed by atoms with van der Waals surface area (Å²) in [7, 11) is 1.67. The SMILES string of the molecule is COc1ccccc1C1CNCCN1C(=O)CCNc1ccccc1C. The summed E-state index contributed by atoms with van der Waals surface area (Å²) in [6, 6.07) is 16.1. The van der Waals surface area contributed by atoms with Gasteiger partial charge < -0.3 is 20.3 Å². The molecule has 1 saturated heterocycles. The fraction of sp³-hybridized carbons (Fsp3) is 0.381. The number of aryl methyl sites for hydroxylation is 1. The fourth-order valence-corrected chi connectivity index (χ4v) is 3.44. The number of nitrogens with one attached hydrogen (secondary N) is 2. The minimum Gasteiger partial charge on any atom is -0.496 e. The molecule has 5 heteroatoms. The van der Waals surface area contributed by atoms with E-state index < -0.39 is 0 Å². The van der Waals surface area contributed by atoms with E-state index in [1.807, 2.05) is 47.4 Å². The molecule has 1 fully saturated rings. The van der Waals surface area contributed by atoms with E-state index in [2.05, 4.69) is 23.6 Å².